The summed E-state index contributed by atoms with van der Waals surface area (Å²) in [5.41, 5.74) is 0.164. The van der Waals surface area contributed by atoms with E-state index in [-0.39, 0.29) is 6.04 Å². The summed E-state index contributed by atoms with van der Waals surface area (Å²) in [4.78, 5) is 1.94. The maximum atomic E-state index is 12.5. The lowest BCUT2D eigenvalue weighted by Gasteiger charge is -2.17. The highest BCUT2D eigenvalue weighted by molar-refractivity contribution is 7.71. The highest BCUT2D eigenvalue weighted by atomic mass is 32.1. The van der Waals surface area contributed by atoms with Crippen LogP contribution in [0.5, 0.6) is 0 Å². The van der Waals surface area contributed by atoms with E-state index < -0.39 is 11.7 Å². The standard InChI is InChI=1S/C15H19F3N4S/c1-11(2)21-9-19-22(14(21)23)10-20(3)8-12-4-6-13(7-5-12)15(16,17)18/h4-7,9,11H,8,10H2,1-3H3. The van der Waals surface area contributed by atoms with Gasteiger partial charge < -0.3 is 4.57 Å². The number of benzene rings is 1. The van der Waals surface area contributed by atoms with Gasteiger partial charge in [0.05, 0.1) is 12.2 Å². The molecule has 0 fully saturated rings. The number of halogens is 3. The van der Waals surface area contributed by atoms with E-state index in [0.717, 1.165) is 17.7 Å². The minimum absolute atomic E-state index is 0.233. The first-order chi connectivity index (χ1) is 10.7. The molecule has 1 heterocycles. The number of rotatable bonds is 5. The molecule has 0 aliphatic heterocycles. The third-order valence-corrected chi connectivity index (χ3v) is 3.84. The molecule has 2 rings (SSSR count). The number of nitrogens with zero attached hydrogens (tertiary/aromatic N) is 4. The number of aromatic nitrogens is 3. The molecule has 0 aliphatic rings. The van der Waals surface area contributed by atoms with Crippen molar-refractivity contribution in [2.24, 2.45) is 0 Å². The molecule has 0 radical (unpaired) electrons. The highest BCUT2D eigenvalue weighted by Gasteiger charge is 2.29. The molecule has 126 valence electrons. The second-order valence-corrected chi connectivity index (χ2v) is 6.13. The van der Waals surface area contributed by atoms with E-state index >= 15 is 0 Å². The quantitative estimate of drug-likeness (QED) is 0.764. The first kappa shape index (κ1) is 17.7. The van der Waals surface area contributed by atoms with Crippen molar-refractivity contribution >= 4 is 12.2 Å². The summed E-state index contributed by atoms with van der Waals surface area (Å²) in [6.45, 7) is 5.02. The predicted molar refractivity (Wildman–Crippen MR) is 84.3 cm³/mol. The van der Waals surface area contributed by atoms with Crippen LogP contribution in [0, 0.1) is 4.77 Å². The van der Waals surface area contributed by atoms with Crippen LogP contribution >= 0.6 is 12.2 Å². The Bertz CT molecular complexity index is 701. The normalized spacial score (nSPS) is 12.3. The summed E-state index contributed by atoms with van der Waals surface area (Å²) >= 11 is 5.35. The monoisotopic (exact) mass is 344 g/mol. The van der Waals surface area contributed by atoms with Gasteiger partial charge >= 0.3 is 6.18 Å². The van der Waals surface area contributed by atoms with E-state index in [0.29, 0.717) is 18.0 Å². The minimum atomic E-state index is -4.30. The third-order valence-electron chi connectivity index (χ3n) is 3.42. The van der Waals surface area contributed by atoms with Crippen molar-refractivity contribution < 1.29 is 13.2 Å². The Kier molecular flexibility index (Phi) is 5.26. The van der Waals surface area contributed by atoms with Gasteiger partial charge in [0.15, 0.2) is 4.77 Å². The van der Waals surface area contributed by atoms with E-state index in [1.165, 1.54) is 12.1 Å². The number of hydrogen-bond donors (Lipinski definition) is 0. The van der Waals surface area contributed by atoms with Crippen LogP contribution in [0.15, 0.2) is 30.6 Å². The predicted octanol–water partition coefficient (Wildman–Crippen LogP) is 4.10. The molecular formula is C15H19F3N4S. The van der Waals surface area contributed by atoms with Crippen LogP contribution in [0.25, 0.3) is 0 Å². The van der Waals surface area contributed by atoms with E-state index in [4.69, 9.17) is 12.2 Å². The molecule has 0 saturated carbocycles. The molecule has 1 aromatic heterocycles. The Labute approximate surface area is 138 Å². The maximum Gasteiger partial charge on any atom is 0.416 e. The van der Waals surface area contributed by atoms with Crippen LogP contribution in [0.2, 0.25) is 0 Å². The van der Waals surface area contributed by atoms with Crippen LogP contribution < -0.4 is 0 Å². The summed E-state index contributed by atoms with van der Waals surface area (Å²) in [5.74, 6) is 0. The Morgan fingerprint density at radius 1 is 1.22 bits per heavy atom. The van der Waals surface area contributed by atoms with Gasteiger partial charge in [-0.25, -0.2) is 4.68 Å². The van der Waals surface area contributed by atoms with Crippen molar-refractivity contribution in [1.29, 1.82) is 0 Å². The Balaban J connectivity index is 2.02. The molecule has 0 atom stereocenters. The summed E-state index contributed by atoms with van der Waals surface area (Å²) < 4.78 is 41.8. The molecule has 2 aromatic rings. The van der Waals surface area contributed by atoms with Crippen molar-refractivity contribution in [3.05, 3.63) is 46.5 Å². The van der Waals surface area contributed by atoms with Gasteiger partial charge in [-0.3, -0.25) is 4.90 Å². The van der Waals surface area contributed by atoms with Gasteiger partial charge in [0.25, 0.3) is 0 Å². The van der Waals surface area contributed by atoms with Crippen molar-refractivity contribution in [2.75, 3.05) is 7.05 Å². The van der Waals surface area contributed by atoms with Crippen molar-refractivity contribution in [2.45, 2.75) is 39.3 Å². The van der Waals surface area contributed by atoms with E-state index in [1.54, 1.807) is 11.0 Å². The van der Waals surface area contributed by atoms with Gasteiger partial charge in [0, 0.05) is 12.6 Å². The van der Waals surface area contributed by atoms with Crippen LogP contribution in [0.4, 0.5) is 13.2 Å². The van der Waals surface area contributed by atoms with Crippen LogP contribution in [-0.4, -0.2) is 26.3 Å². The molecule has 0 spiro atoms. The molecule has 4 nitrogen and oxygen atoms in total. The van der Waals surface area contributed by atoms with E-state index in [2.05, 4.69) is 5.10 Å². The van der Waals surface area contributed by atoms with Gasteiger partial charge in [0.1, 0.15) is 6.33 Å². The summed E-state index contributed by atoms with van der Waals surface area (Å²) in [5, 5.41) is 4.25. The van der Waals surface area contributed by atoms with Gasteiger partial charge in [-0.1, -0.05) is 12.1 Å². The first-order valence-electron chi connectivity index (χ1n) is 7.17. The van der Waals surface area contributed by atoms with Crippen molar-refractivity contribution in [1.82, 2.24) is 19.2 Å². The molecule has 0 saturated heterocycles. The summed E-state index contributed by atoms with van der Waals surface area (Å²) in [6, 6.07) is 5.41. The van der Waals surface area contributed by atoms with Gasteiger partial charge in [-0.05, 0) is 50.8 Å². The third kappa shape index (κ3) is 4.42. The molecule has 0 aliphatic carbocycles. The Morgan fingerprint density at radius 3 is 2.30 bits per heavy atom. The van der Waals surface area contributed by atoms with E-state index in [9.17, 15) is 13.2 Å². The minimum Gasteiger partial charge on any atom is -0.304 e. The van der Waals surface area contributed by atoms with E-state index in [1.807, 2.05) is 30.4 Å². The summed E-state index contributed by atoms with van der Waals surface area (Å²) in [7, 11) is 1.87. The van der Waals surface area contributed by atoms with Crippen LogP contribution in [0.1, 0.15) is 31.0 Å². The Morgan fingerprint density at radius 2 is 1.83 bits per heavy atom. The maximum absolute atomic E-state index is 12.5. The van der Waals surface area contributed by atoms with Crippen molar-refractivity contribution in [3.8, 4) is 0 Å². The largest absolute Gasteiger partial charge is 0.416 e. The second kappa shape index (κ2) is 6.84. The fraction of sp³-hybridized carbons (Fsp3) is 0.467. The SMILES string of the molecule is CC(C)n1cnn(CN(C)Cc2ccc(C(F)(F)F)cc2)c1=S. The molecule has 1 aromatic carbocycles. The fourth-order valence-electron chi connectivity index (χ4n) is 2.19. The molecule has 8 heteroatoms. The zero-order chi connectivity index (χ0) is 17.2. The lowest BCUT2D eigenvalue weighted by atomic mass is 10.1. The lowest BCUT2D eigenvalue weighted by Crippen LogP contribution is -2.22. The smallest absolute Gasteiger partial charge is 0.304 e. The first-order valence-corrected chi connectivity index (χ1v) is 7.58. The molecule has 0 N–H and O–H groups in total. The van der Waals surface area contributed by atoms with Crippen LogP contribution in [0.3, 0.4) is 0 Å². The average molecular weight is 344 g/mol. The molecule has 23 heavy (non-hydrogen) atoms. The topological polar surface area (TPSA) is 26.0 Å². The van der Waals surface area contributed by atoms with Gasteiger partial charge in [-0.15, -0.1) is 0 Å². The zero-order valence-electron chi connectivity index (χ0n) is 13.2. The number of hydrogen-bond acceptors (Lipinski definition) is 3. The molecule has 0 amide bonds. The Hall–Kier alpha value is -1.67. The average Bonchev–Trinajstić information content (AvgIpc) is 2.80. The van der Waals surface area contributed by atoms with Gasteiger partial charge in [-0.2, -0.15) is 18.3 Å². The molecule has 0 unspecified atom stereocenters. The number of alkyl halides is 3. The second-order valence-electron chi connectivity index (χ2n) is 5.76. The van der Waals surface area contributed by atoms with Crippen molar-refractivity contribution in [3.63, 3.8) is 0 Å². The molecular weight excluding hydrogens is 325 g/mol. The van der Waals surface area contributed by atoms with Crippen LogP contribution in [-0.2, 0) is 19.4 Å². The lowest BCUT2D eigenvalue weighted by molar-refractivity contribution is -0.137. The fourth-order valence-corrected chi connectivity index (χ4v) is 2.55. The molecule has 0 bridgehead atoms. The summed E-state index contributed by atoms with van der Waals surface area (Å²) in [6.07, 6.45) is -2.61. The zero-order valence-corrected chi connectivity index (χ0v) is 14.0. The van der Waals surface area contributed by atoms with Gasteiger partial charge in [0.2, 0.25) is 0 Å². The highest BCUT2D eigenvalue weighted by Crippen LogP contribution is 2.29.